The topological polar surface area (TPSA) is 40.1 Å². The lowest BCUT2D eigenvalue weighted by Gasteiger charge is -2.36. The van der Waals surface area contributed by atoms with Gasteiger partial charge in [-0.1, -0.05) is 19.1 Å². The SMILES string of the molecule is CN=C(NCC(C)CN1CCCC1)N1CCOC(c2cccc(C(F)(F)F)c2)C1.I. The Bertz CT molecular complexity index is 695. The fraction of sp³-hybridized carbons (Fsp3) is 0.667. The van der Waals surface area contributed by atoms with Crippen LogP contribution in [-0.2, 0) is 10.9 Å². The molecule has 0 amide bonds. The zero-order chi connectivity index (χ0) is 20.9. The molecule has 2 unspecified atom stereocenters. The van der Waals surface area contributed by atoms with Gasteiger partial charge in [-0.25, -0.2) is 0 Å². The lowest BCUT2D eigenvalue weighted by molar-refractivity contribution is -0.137. The second-order valence-corrected chi connectivity index (χ2v) is 7.97. The summed E-state index contributed by atoms with van der Waals surface area (Å²) < 4.78 is 44.9. The van der Waals surface area contributed by atoms with Crippen molar-refractivity contribution in [3.05, 3.63) is 35.4 Å². The van der Waals surface area contributed by atoms with Gasteiger partial charge in [0.25, 0.3) is 0 Å². The molecular weight excluding hydrogens is 508 g/mol. The molecule has 0 spiro atoms. The molecule has 3 rings (SSSR count). The molecule has 2 aliphatic rings. The Kier molecular flexibility index (Phi) is 9.67. The van der Waals surface area contributed by atoms with Crippen LogP contribution in [0.3, 0.4) is 0 Å². The number of aliphatic imine (C=N–C) groups is 1. The summed E-state index contributed by atoms with van der Waals surface area (Å²) in [6, 6.07) is 5.40. The van der Waals surface area contributed by atoms with Crippen LogP contribution in [0.25, 0.3) is 0 Å². The molecule has 1 N–H and O–H groups in total. The van der Waals surface area contributed by atoms with Gasteiger partial charge in [0, 0.05) is 26.7 Å². The number of guanidine groups is 1. The number of morpholine rings is 1. The molecule has 5 nitrogen and oxygen atoms in total. The molecule has 2 saturated heterocycles. The minimum Gasteiger partial charge on any atom is -0.370 e. The van der Waals surface area contributed by atoms with Crippen LogP contribution in [0.4, 0.5) is 13.2 Å². The van der Waals surface area contributed by atoms with Crippen LogP contribution < -0.4 is 5.32 Å². The van der Waals surface area contributed by atoms with Crippen LogP contribution in [0.2, 0.25) is 0 Å². The van der Waals surface area contributed by atoms with Crippen molar-refractivity contribution in [2.75, 3.05) is 52.9 Å². The van der Waals surface area contributed by atoms with Crippen molar-refractivity contribution < 1.29 is 17.9 Å². The van der Waals surface area contributed by atoms with Gasteiger partial charge in [-0.15, -0.1) is 24.0 Å². The van der Waals surface area contributed by atoms with Crippen molar-refractivity contribution in [1.29, 1.82) is 0 Å². The summed E-state index contributed by atoms with van der Waals surface area (Å²) in [5.74, 6) is 1.27. The molecule has 2 heterocycles. The Morgan fingerprint density at radius 3 is 2.67 bits per heavy atom. The summed E-state index contributed by atoms with van der Waals surface area (Å²) in [7, 11) is 1.74. The maximum atomic E-state index is 13.0. The van der Waals surface area contributed by atoms with Gasteiger partial charge in [0.2, 0.25) is 0 Å². The van der Waals surface area contributed by atoms with E-state index in [1.165, 1.54) is 38.1 Å². The zero-order valence-corrected chi connectivity index (χ0v) is 20.0. The highest BCUT2D eigenvalue weighted by atomic mass is 127. The molecule has 0 aromatic heterocycles. The Morgan fingerprint density at radius 2 is 2.00 bits per heavy atom. The first-order valence-electron chi connectivity index (χ1n) is 10.3. The van der Waals surface area contributed by atoms with E-state index in [2.05, 4.69) is 27.0 Å². The van der Waals surface area contributed by atoms with Crippen LogP contribution in [-0.4, -0.2) is 68.7 Å². The van der Waals surface area contributed by atoms with Crippen LogP contribution in [0.1, 0.15) is 37.0 Å². The summed E-state index contributed by atoms with van der Waals surface area (Å²) >= 11 is 0. The van der Waals surface area contributed by atoms with Crippen LogP contribution in [0.15, 0.2) is 29.3 Å². The molecule has 1 aromatic rings. The van der Waals surface area contributed by atoms with E-state index in [1.54, 1.807) is 13.1 Å². The van der Waals surface area contributed by atoms with E-state index < -0.39 is 17.8 Å². The molecule has 2 atom stereocenters. The highest BCUT2D eigenvalue weighted by molar-refractivity contribution is 14.0. The molecule has 2 fully saturated rings. The highest BCUT2D eigenvalue weighted by Gasteiger charge is 2.32. The normalized spacial score (nSPS) is 22.0. The van der Waals surface area contributed by atoms with Crippen molar-refractivity contribution in [2.45, 2.75) is 32.0 Å². The van der Waals surface area contributed by atoms with Gasteiger partial charge in [0.15, 0.2) is 5.96 Å². The molecular formula is C21H32F3IN4O. The predicted octanol–water partition coefficient (Wildman–Crippen LogP) is 4.00. The van der Waals surface area contributed by atoms with Gasteiger partial charge in [-0.05, 0) is 49.5 Å². The van der Waals surface area contributed by atoms with E-state index in [4.69, 9.17) is 4.74 Å². The number of benzene rings is 1. The number of hydrogen-bond donors (Lipinski definition) is 1. The van der Waals surface area contributed by atoms with E-state index in [0.29, 0.717) is 31.2 Å². The summed E-state index contributed by atoms with van der Waals surface area (Å²) in [6.45, 7) is 8.06. The molecule has 0 radical (unpaired) electrons. The lowest BCUT2D eigenvalue weighted by Crippen LogP contribution is -2.49. The fourth-order valence-corrected chi connectivity index (χ4v) is 4.03. The van der Waals surface area contributed by atoms with E-state index in [1.807, 2.05) is 0 Å². The average molecular weight is 540 g/mol. The molecule has 0 bridgehead atoms. The van der Waals surface area contributed by atoms with E-state index >= 15 is 0 Å². The molecule has 9 heteroatoms. The number of hydrogen-bond acceptors (Lipinski definition) is 3. The Labute approximate surface area is 194 Å². The number of rotatable bonds is 5. The van der Waals surface area contributed by atoms with Crippen molar-refractivity contribution >= 4 is 29.9 Å². The molecule has 2 aliphatic heterocycles. The third kappa shape index (κ3) is 6.98. The van der Waals surface area contributed by atoms with E-state index in [-0.39, 0.29) is 24.0 Å². The van der Waals surface area contributed by atoms with Gasteiger partial charge < -0.3 is 19.9 Å². The zero-order valence-electron chi connectivity index (χ0n) is 17.6. The van der Waals surface area contributed by atoms with Crippen LogP contribution in [0, 0.1) is 5.92 Å². The van der Waals surface area contributed by atoms with Gasteiger partial charge in [-0.3, -0.25) is 4.99 Å². The summed E-state index contributed by atoms with van der Waals surface area (Å²) in [5.41, 5.74) is -0.101. The van der Waals surface area contributed by atoms with Gasteiger partial charge in [0.05, 0.1) is 18.7 Å². The minimum absolute atomic E-state index is 0. The number of ether oxygens (including phenoxy) is 1. The van der Waals surface area contributed by atoms with Crippen molar-refractivity contribution in [2.24, 2.45) is 10.9 Å². The van der Waals surface area contributed by atoms with E-state index in [0.717, 1.165) is 25.1 Å². The van der Waals surface area contributed by atoms with Crippen molar-refractivity contribution in [3.8, 4) is 0 Å². The summed E-state index contributed by atoms with van der Waals surface area (Å²) in [4.78, 5) is 8.94. The molecule has 170 valence electrons. The smallest absolute Gasteiger partial charge is 0.370 e. The first-order valence-corrected chi connectivity index (χ1v) is 10.3. The average Bonchev–Trinajstić information content (AvgIpc) is 3.21. The molecule has 0 saturated carbocycles. The first kappa shape index (κ1) is 25.2. The van der Waals surface area contributed by atoms with Crippen LogP contribution in [0.5, 0.6) is 0 Å². The second kappa shape index (κ2) is 11.5. The largest absolute Gasteiger partial charge is 0.416 e. The van der Waals surface area contributed by atoms with Gasteiger partial charge >= 0.3 is 6.18 Å². The van der Waals surface area contributed by atoms with Gasteiger partial charge in [0.1, 0.15) is 6.10 Å². The predicted molar refractivity (Wildman–Crippen MR) is 123 cm³/mol. The first-order chi connectivity index (χ1) is 13.9. The standard InChI is InChI=1S/C21H31F3N4O.HI/c1-16(14-27-8-3-4-9-27)13-26-20(25-2)28-10-11-29-19(15-28)17-6-5-7-18(12-17)21(22,23)24;/h5-7,12,16,19H,3-4,8-11,13-15H2,1-2H3,(H,25,26);1H. The number of nitrogens with zero attached hydrogens (tertiary/aromatic N) is 3. The number of halogens is 4. The van der Waals surface area contributed by atoms with E-state index in [9.17, 15) is 13.2 Å². The minimum atomic E-state index is -4.35. The van der Waals surface area contributed by atoms with Crippen molar-refractivity contribution in [1.82, 2.24) is 15.1 Å². The molecule has 1 aromatic carbocycles. The number of likely N-dealkylation sites (tertiary alicyclic amines) is 1. The number of nitrogens with one attached hydrogen (secondary N) is 1. The highest BCUT2D eigenvalue weighted by Crippen LogP contribution is 2.32. The van der Waals surface area contributed by atoms with Crippen LogP contribution >= 0.6 is 24.0 Å². The Morgan fingerprint density at radius 1 is 1.27 bits per heavy atom. The summed E-state index contributed by atoms with van der Waals surface area (Å²) in [6.07, 6.45) is -2.20. The lowest BCUT2D eigenvalue weighted by atomic mass is 10.0. The Hall–Kier alpha value is -1.07. The monoisotopic (exact) mass is 540 g/mol. The third-order valence-corrected chi connectivity index (χ3v) is 5.54. The van der Waals surface area contributed by atoms with Gasteiger partial charge in [-0.2, -0.15) is 13.2 Å². The third-order valence-electron chi connectivity index (χ3n) is 5.54. The molecule has 30 heavy (non-hydrogen) atoms. The Balaban J connectivity index is 0.00000320. The maximum Gasteiger partial charge on any atom is 0.416 e. The maximum absolute atomic E-state index is 13.0. The molecule has 0 aliphatic carbocycles. The number of alkyl halides is 3. The van der Waals surface area contributed by atoms with Crippen molar-refractivity contribution in [3.63, 3.8) is 0 Å². The quantitative estimate of drug-likeness (QED) is 0.349. The fourth-order valence-electron chi connectivity index (χ4n) is 4.03. The summed E-state index contributed by atoms with van der Waals surface area (Å²) in [5, 5.41) is 3.43. The second-order valence-electron chi connectivity index (χ2n) is 7.97.